The molecule has 1 unspecified atom stereocenters. The standard InChI is InChI=1S/C14H15NO5/c1-18-14(17)10-4-5-15(7-10)13(16)9-2-3-11-12(6-9)20-8-19-11/h2-3,6,10H,4-5,7-8H2,1H3. The minimum atomic E-state index is -0.258. The highest BCUT2D eigenvalue weighted by molar-refractivity contribution is 5.95. The number of amides is 1. The van der Waals surface area contributed by atoms with Crippen LogP contribution in [-0.4, -0.2) is 43.8 Å². The maximum absolute atomic E-state index is 12.4. The van der Waals surface area contributed by atoms with Gasteiger partial charge in [-0.3, -0.25) is 9.59 Å². The lowest BCUT2D eigenvalue weighted by Crippen LogP contribution is -2.30. The summed E-state index contributed by atoms with van der Waals surface area (Å²) in [6, 6.07) is 5.11. The van der Waals surface area contributed by atoms with Crippen molar-refractivity contribution in [2.45, 2.75) is 6.42 Å². The van der Waals surface area contributed by atoms with Gasteiger partial charge in [-0.2, -0.15) is 0 Å². The molecule has 20 heavy (non-hydrogen) atoms. The summed E-state index contributed by atoms with van der Waals surface area (Å²) < 4.78 is 15.2. The SMILES string of the molecule is COC(=O)C1CCN(C(=O)c2ccc3c(c2)OCO3)C1. The van der Waals surface area contributed by atoms with E-state index < -0.39 is 0 Å². The van der Waals surface area contributed by atoms with Crippen molar-refractivity contribution in [2.24, 2.45) is 5.92 Å². The summed E-state index contributed by atoms with van der Waals surface area (Å²) in [5, 5.41) is 0. The topological polar surface area (TPSA) is 65.1 Å². The van der Waals surface area contributed by atoms with E-state index in [0.29, 0.717) is 36.6 Å². The number of ether oxygens (including phenoxy) is 3. The molecule has 2 heterocycles. The van der Waals surface area contributed by atoms with Crippen LogP contribution in [-0.2, 0) is 9.53 Å². The number of hydrogen-bond acceptors (Lipinski definition) is 5. The van der Waals surface area contributed by atoms with Crippen molar-refractivity contribution in [3.63, 3.8) is 0 Å². The van der Waals surface area contributed by atoms with Gasteiger partial charge in [0.25, 0.3) is 5.91 Å². The number of esters is 1. The molecule has 0 N–H and O–H groups in total. The highest BCUT2D eigenvalue weighted by atomic mass is 16.7. The minimum Gasteiger partial charge on any atom is -0.469 e. The Morgan fingerprint density at radius 2 is 2.10 bits per heavy atom. The van der Waals surface area contributed by atoms with Crippen LogP contribution in [0, 0.1) is 5.92 Å². The number of methoxy groups -OCH3 is 1. The molecular formula is C14H15NO5. The fourth-order valence-corrected chi connectivity index (χ4v) is 2.52. The Hall–Kier alpha value is -2.24. The van der Waals surface area contributed by atoms with Crippen molar-refractivity contribution in [1.82, 2.24) is 4.90 Å². The molecule has 0 bridgehead atoms. The van der Waals surface area contributed by atoms with Crippen molar-refractivity contribution in [2.75, 3.05) is 27.0 Å². The number of rotatable bonds is 2. The van der Waals surface area contributed by atoms with E-state index in [9.17, 15) is 9.59 Å². The molecule has 1 saturated heterocycles. The fraction of sp³-hybridized carbons (Fsp3) is 0.429. The summed E-state index contributed by atoms with van der Waals surface area (Å²) in [4.78, 5) is 25.5. The highest BCUT2D eigenvalue weighted by Gasteiger charge is 2.32. The Labute approximate surface area is 116 Å². The minimum absolute atomic E-state index is 0.102. The van der Waals surface area contributed by atoms with Gasteiger partial charge < -0.3 is 19.1 Å². The van der Waals surface area contributed by atoms with Gasteiger partial charge in [-0.25, -0.2) is 0 Å². The van der Waals surface area contributed by atoms with Crippen LogP contribution < -0.4 is 9.47 Å². The average Bonchev–Trinajstić information content (AvgIpc) is 3.13. The Morgan fingerprint density at radius 1 is 1.30 bits per heavy atom. The summed E-state index contributed by atoms with van der Waals surface area (Å²) in [5.41, 5.74) is 0.541. The largest absolute Gasteiger partial charge is 0.469 e. The second-order valence-corrected chi connectivity index (χ2v) is 4.83. The second kappa shape index (κ2) is 5.03. The van der Waals surface area contributed by atoms with Crippen molar-refractivity contribution in [3.8, 4) is 11.5 Å². The highest BCUT2D eigenvalue weighted by Crippen LogP contribution is 2.33. The molecule has 2 aliphatic heterocycles. The van der Waals surface area contributed by atoms with Gasteiger partial charge in [-0.1, -0.05) is 0 Å². The number of fused-ring (bicyclic) bond motifs is 1. The predicted molar refractivity (Wildman–Crippen MR) is 68.6 cm³/mol. The van der Waals surface area contributed by atoms with Crippen LogP contribution >= 0.6 is 0 Å². The van der Waals surface area contributed by atoms with E-state index in [-0.39, 0.29) is 24.6 Å². The average molecular weight is 277 g/mol. The Morgan fingerprint density at radius 3 is 2.90 bits per heavy atom. The van der Waals surface area contributed by atoms with Gasteiger partial charge in [0.15, 0.2) is 11.5 Å². The van der Waals surface area contributed by atoms with Crippen molar-refractivity contribution >= 4 is 11.9 Å². The smallest absolute Gasteiger partial charge is 0.310 e. The number of likely N-dealkylation sites (tertiary alicyclic amines) is 1. The van der Waals surface area contributed by atoms with Gasteiger partial charge in [-0.15, -0.1) is 0 Å². The maximum Gasteiger partial charge on any atom is 0.310 e. The molecule has 6 heteroatoms. The third kappa shape index (κ3) is 2.17. The van der Waals surface area contributed by atoms with E-state index >= 15 is 0 Å². The lowest BCUT2D eigenvalue weighted by molar-refractivity contribution is -0.144. The van der Waals surface area contributed by atoms with Crippen molar-refractivity contribution in [3.05, 3.63) is 23.8 Å². The van der Waals surface area contributed by atoms with E-state index in [4.69, 9.17) is 14.2 Å². The molecule has 6 nitrogen and oxygen atoms in total. The summed E-state index contributed by atoms with van der Waals surface area (Å²) >= 11 is 0. The molecule has 0 spiro atoms. The number of hydrogen-bond donors (Lipinski definition) is 0. The van der Waals surface area contributed by atoms with Gasteiger partial charge in [-0.05, 0) is 24.6 Å². The summed E-state index contributed by atoms with van der Waals surface area (Å²) in [7, 11) is 1.37. The van der Waals surface area contributed by atoms with Crippen LogP contribution in [0.1, 0.15) is 16.8 Å². The summed E-state index contributed by atoms with van der Waals surface area (Å²) in [6.45, 7) is 1.15. The zero-order valence-corrected chi connectivity index (χ0v) is 11.1. The van der Waals surface area contributed by atoms with Crippen molar-refractivity contribution < 1.29 is 23.8 Å². The molecule has 1 aromatic carbocycles. The zero-order chi connectivity index (χ0) is 14.1. The predicted octanol–water partition coefficient (Wildman–Crippen LogP) is 1.05. The van der Waals surface area contributed by atoms with Crippen LogP contribution in [0.2, 0.25) is 0 Å². The molecule has 0 aromatic heterocycles. The van der Waals surface area contributed by atoms with Crippen molar-refractivity contribution in [1.29, 1.82) is 0 Å². The van der Waals surface area contributed by atoms with Crippen LogP contribution in [0.25, 0.3) is 0 Å². The van der Waals surface area contributed by atoms with Gasteiger partial charge in [0.1, 0.15) is 0 Å². The number of nitrogens with zero attached hydrogens (tertiary/aromatic N) is 1. The van der Waals surface area contributed by atoms with Crippen LogP contribution in [0.3, 0.4) is 0 Å². The van der Waals surface area contributed by atoms with E-state index in [0.717, 1.165) is 0 Å². The molecular weight excluding hydrogens is 262 g/mol. The van der Waals surface area contributed by atoms with Crippen LogP contribution in [0.4, 0.5) is 0 Å². The monoisotopic (exact) mass is 277 g/mol. The summed E-state index contributed by atoms with van der Waals surface area (Å²) in [6.07, 6.45) is 0.642. The van der Waals surface area contributed by atoms with Gasteiger partial charge in [0, 0.05) is 18.7 Å². The van der Waals surface area contributed by atoms with E-state index in [1.165, 1.54) is 7.11 Å². The van der Waals surface area contributed by atoms with Crippen LogP contribution in [0.5, 0.6) is 11.5 Å². The number of benzene rings is 1. The van der Waals surface area contributed by atoms with E-state index in [2.05, 4.69) is 0 Å². The van der Waals surface area contributed by atoms with Gasteiger partial charge in [0.05, 0.1) is 13.0 Å². The first-order valence-electron chi connectivity index (χ1n) is 6.46. The quantitative estimate of drug-likeness (QED) is 0.756. The van der Waals surface area contributed by atoms with E-state index in [1.807, 2.05) is 0 Å². The molecule has 0 saturated carbocycles. The third-order valence-electron chi connectivity index (χ3n) is 3.63. The lowest BCUT2D eigenvalue weighted by Gasteiger charge is -2.16. The molecule has 0 aliphatic carbocycles. The van der Waals surface area contributed by atoms with Crippen LogP contribution in [0.15, 0.2) is 18.2 Å². The molecule has 1 aromatic rings. The molecule has 0 radical (unpaired) electrons. The Bertz CT molecular complexity index is 556. The molecule has 1 atom stereocenters. The molecule has 2 aliphatic rings. The third-order valence-corrected chi connectivity index (χ3v) is 3.63. The lowest BCUT2D eigenvalue weighted by atomic mass is 10.1. The zero-order valence-electron chi connectivity index (χ0n) is 11.1. The molecule has 106 valence electrons. The normalized spacial score (nSPS) is 20.1. The first-order valence-corrected chi connectivity index (χ1v) is 6.46. The maximum atomic E-state index is 12.4. The van der Waals surface area contributed by atoms with Gasteiger partial charge >= 0.3 is 5.97 Å². The van der Waals surface area contributed by atoms with Gasteiger partial charge in [0.2, 0.25) is 6.79 Å². The fourth-order valence-electron chi connectivity index (χ4n) is 2.52. The summed E-state index contributed by atoms with van der Waals surface area (Å²) in [5.74, 6) is 0.647. The first-order chi connectivity index (χ1) is 9.69. The molecule has 3 rings (SSSR count). The molecule has 1 amide bonds. The molecule has 1 fully saturated rings. The Balaban J connectivity index is 1.72. The second-order valence-electron chi connectivity index (χ2n) is 4.83. The number of carbonyl (C=O) groups is 2. The first kappa shape index (κ1) is 12.8. The number of carbonyl (C=O) groups excluding carboxylic acids is 2. The Kier molecular flexibility index (Phi) is 3.22. The van der Waals surface area contributed by atoms with E-state index in [1.54, 1.807) is 23.1 Å².